The zero-order valence-corrected chi connectivity index (χ0v) is 13.3. The quantitative estimate of drug-likeness (QED) is 0.854. The van der Waals surface area contributed by atoms with E-state index in [0.29, 0.717) is 11.4 Å². The van der Waals surface area contributed by atoms with Gasteiger partial charge in [0.1, 0.15) is 17.1 Å². The molecule has 2 aromatic rings. The minimum absolute atomic E-state index is 0.486. The molecular weight excluding hydrogens is 278 g/mol. The summed E-state index contributed by atoms with van der Waals surface area (Å²) in [7, 11) is 0. The Morgan fingerprint density at radius 3 is 2.32 bits per heavy atom. The molecule has 0 unspecified atom stereocenters. The van der Waals surface area contributed by atoms with Crippen LogP contribution >= 0.6 is 0 Å². The number of hydrogen-bond donors (Lipinski definition) is 1. The van der Waals surface area contributed by atoms with Gasteiger partial charge in [-0.3, -0.25) is 5.32 Å². The Balaban J connectivity index is 2.03. The molecule has 116 valence electrons. The lowest BCUT2D eigenvalue weighted by molar-refractivity contribution is 0.0636. The number of carbonyl (C=O) groups is 1. The van der Waals surface area contributed by atoms with Crippen LogP contribution in [-0.2, 0) is 4.74 Å². The van der Waals surface area contributed by atoms with E-state index in [1.54, 1.807) is 12.1 Å². The van der Waals surface area contributed by atoms with E-state index in [9.17, 15) is 4.79 Å². The number of hydrogen-bond acceptors (Lipinski definition) is 3. The molecule has 0 radical (unpaired) electrons. The average molecular weight is 299 g/mol. The fraction of sp³-hybridized carbons (Fsp3) is 0.278. The molecule has 0 aromatic heterocycles. The molecule has 0 aliphatic heterocycles. The lowest BCUT2D eigenvalue weighted by Crippen LogP contribution is -2.27. The third-order valence-electron chi connectivity index (χ3n) is 2.74. The molecule has 2 rings (SSSR count). The number of amides is 1. The van der Waals surface area contributed by atoms with Crippen molar-refractivity contribution in [2.24, 2.45) is 0 Å². The summed E-state index contributed by atoms with van der Waals surface area (Å²) in [6, 6.07) is 15.0. The van der Waals surface area contributed by atoms with Crippen LogP contribution in [0.1, 0.15) is 26.3 Å². The van der Waals surface area contributed by atoms with Crippen molar-refractivity contribution in [2.75, 3.05) is 5.32 Å². The first-order valence-electron chi connectivity index (χ1n) is 7.16. The van der Waals surface area contributed by atoms with Crippen LogP contribution < -0.4 is 10.1 Å². The van der Waals surface area contributed by atoms with Crippen molar-refractivity contribution >= 4 is 11.8 Å². The Bertz CT molecular complexity index is 642. The number of aryl methyl sites for hydroxylation is 1. The van der Waals surface area contributed by atoms with Gasteiger partial charge in [-0.05, 0) is 52.0 Å². The van der Waals surface area contributed by atoms with E-state index in [1.807, 2.05) is 64.1 Å². The van der Waals surface area contributed by atoms with Gasteiger partial charge in [-0.1, -0.05) is 23.8 Å². The van der Waals surface area contributed by atoms with Gasteiger partial charge in [0.05, 0.1) is 0 Å². The number of rotatable bonds is 3. The van der Waals surface area contributed by atoms with Gasteiger partial charge in [-0.2, -0.15) is 0 Å². The Labute approximate surface area is 131 Å². The van der Waals surface area contributed by atoms with E-state index < -0.39 is 11.7 Å². The second kappa shape index (κ2) is 6.52. The molecule has 0 aliphatic rings. The molecule has 0 heterocycles. The van der Waals surface area contributed by atoms with Gasteiger partial charge in [0.25, 0.3) is 0 Å². The lowest BCUT2D eigenvalue weighted by atomic mass is 10.2. The second-order valence-electron chi connectivity index (χ2n) is 6.07. The molecule has 0 fully saturated rings. The molecule has 2 aromatic carbocycles. The molecular formula is C18H21NO3. The van der Waals surface area contributed by atoms with Crippen molar-refractivity contribution < 1.29 is 14.3 Å². The maximum atomic E-state index is 11.8. The highest BCUT2D eigenvalue weighted by molar-refractivity contribution is 5.85. The van der Waals surface area contributed by atoms with Gasteiger partial charge in [-0.25, -0.2) is 4.79 Å². The van der Waals surface area contributed by atoms with Gasteiger partial charge < -0.3 is 9.47 Å². The Morgan fingerprint density at radius 2 is 1.68 bits per heavy atom. The fourth-order valence-electron chi connectivity index (χ4n) is 1.80. The van der Waals surface area contributed by atoms with Crippen LogP contribution in [0.2, 0.25) is 0 Å². The zero-order chi connectivity index (χ0) is 16.2. The maximum Gasteiger partial charge on any atom is 0.412 e. The number of nitrogens with one attached hydrogen (secondary N) is 1. The summed E-state index contributed by atoms with van der Waals surface area (Å²) in [6.07, 6.45) is -0.486. The van der Waals surface area contributed by atoms with Crippen molar-refractivity contribution in [2.45, 2.75) is 33.3 Å². The van der Waals surface area contributed by atoms with E-state index in [0.717, 1.165) is 5.75 Å². The molecule has 22 heavy (non-hydrogen) atoms. The Hall–Kier alpha value is -2.49. The molecule has 0 bridgehead atoms. The molecule has 4 nitrogen and oxygen atoms in total. The van der Waals surface area contributed by atoms with Gasteiger partial charge in [-0.15, -0.1) is 0 Å². The van der Waals surface area contributed by atoms with Crippen molar-refractivity contribution in [1.29, 1.82) is 0 Å². The van der Waals surface area contributed by atoms with Crippen molar-refractivity contribution in [1.82, 2.24) is 0 Å². The highest BCUT2D eigenvalue weighted by Gasteiger charge is 2.16. The predicted octanol–water partition coefficient (Wildman–Crippen LogP) is 5.13. The SMILES string of the molecule is Cc1ccc(Oc2cccc(NC(=O)OC(C)(C)C)c2)cc1. The number of carbonyl (C=O) groups excluding carboxylic acids is 1. The summed E-state index contributed by atoms with van der Waals surface area (Å²) in [5.74, 6) is 1.40. The largest absolute Gasteiger partial charge is 0.457 e. The second-order valence-corrected chi connectivity index (χ2v) is 6.07. The molecule has 4 heteroatoms. The fourth-order valence-corrected chi connectivity index (χ4v) is 1.80. The van der Waals surface area contributed by atoms with Crippen LogP contribution in [0.15, 0.2) is 48.5 Å². The normalized spacial score (nSPS) is 10.9. The first-order valence-corrected chi connectivity index (χ1v) is 7.16. The number of ether oxygens (including phenoxy) is 2. The highest BCUT2D eigenvalue weighted by atomic mass is 16.6. The van der Waals surface area contributed by atoms with Crippen LogP contribution in [0.25, 0.3) is 0 Å². The van der Waals surface area contributed by atoms with E-state index in [-0.39, 0.29) is 0 Å². The standard InChI is InChI=1S/C18H21NO3/c1-13-8-10-15(11-9-13)21-16-7-5-6-14(12-16)19-17(20)22-18(2,3)4/h5-12H,1-4H3,(H,19,20). The van der Waals surface area contributed by atoms with Crippen molar-refractivity contribution in [3.8, 4) is 11.5 Å². The van der Waals surface area contributed by atoms with Gasteiger partial charge in [0.2, 0.25) is 0 Å². The minimum Gasteiger partial charge on any atom is -0.457 e. The predicted molar refractivity (Wildman–Crippen MR) is 87.6 cm³/mol. The summed E-state index contributed by atoms with van der Waals surface area (Å²) in [4.78, 5) is 11.8. The first kappa shape index (κ1) is 15.9. The summed E-state index contributed by atoms with van der Waals surface area (Å²) < 4.78 is 11.0. The van der Waals surface area contributed by atoms with Gasteiger partial charge >= 0.3 is 6.09 Å². The molecule has 0 spiro atoms. The molecule has 0 saturated carbocycles. The summed E-state index contributed by atoms with van der Waals surface area (Å²) in [6.45, 7) is 7.49. The molecule has 1 N–H and O–H groups in total. The van der Waals surface area contributed by atoms with Crippen molar-refractivity contribution in [3.63, 3.8) is 0 Å². The summed E-state index contributed by atoms with van der Waals surface area (Å²) in [5, 5.41) is 2.69. The Morgan fingerprint density at radius 1 is 1.00 bits per heavy atom. The average Bonchev–Trinajstić information content (AvgIpc) is 2.39. The summed E-state index contributed by atoms with van der Waals surface area (Å²) in [5.41, 5.74) is 1.27. The third-order valence-corrected chi connectivity index (χ3v) is 2.74. The smallest absolute Gasteiger partial charge is 0.412 e. The van der Waals surface area contributed by atoms with Gasteiger partial charge in [0.15, 0.2) is 0 Å². The monoisotopic (exact) mass is 299 g/mol. The van der Waals surface area contributed by atoms with Crippen LogP contribution in [0, 0.1) is 6.92 Å². The van der Waals surface area contributed by atoms with Crippen molar-refractivity contribution in [3.05, 3.63) is 54.1 Å². The molecule has 0 saturated heterocycles. The van der Waals surface area contributed by atoms with E-state index in [2.05, 4.69) is 5.32 Å². The van der Waals surface area contributed by atoms with Gasteiger partial charge in [0, 0.05) is 11.8 Å². The Kier molecular flexibility index (Phi) is 4.71. The number of anilines is 1. The zero-order valence-electron chi connectivity index (χ0n) is 13.3. The van der Waals surface area contributed by atoms with E-state index >= 15 is 0 Å². The molecule has 1 amide bonds. The van der Waals surface area contributed by atoms with Crippen LogP contribution in [-0.4, -0.2) is 11.7 Å². The highest BCUT2D eigenvalue weighted by Crippen LogP contribution is 2.24. The number of benzene rings is 2. The first-order chi connectivity index (χ1) is 10.3. The summed E-state index contributed by atoms with van der Waals surface area (Å²) >= 11 is 0. The third kappa shape index (κ3) is 5.13. The van der Waals surface area contributed by atoms with Crippen LogP contribution in [0.5, 0.6) is 11.5 Å². The molecule has 0 atom stereocenters. The van der Waals surface area contributed by atoms with E-state index in [1.165, 1.54) is 5.56 Å². The molecule has 0 aliphatic carbocycles. The van der Waals surface area contributed by atoms with Crippen LogP contribution in [0.3, 0.4) is 0 Å². The topological polar surface area (TPSA) is 47.6 Å². The minimum atomic E-state index is -0.528. The van der Waals surface area contributed by atoms with E-state index in [4.69, 9.17) is 9.47 Å². The maximum absolute atomic E-state index is 11.8. The lowest BCUT2D eigenvalue weighted by Gasteiger charge is -2.19. The van der Waals surface area contributed by atoms with Crippen LogP contribution in [0.4, 0.5) is 10.5 Å².